The number of benzene rings is 1. The molecule has 0 radical (unpaired) electrons. The Balaban J connectivity index is 2.54. The third kappa shape index (κ3) is 4.86. The summed E-state index contributed by atoms with van der Waals surface area (Å²) in [4.78, 5) is 0. The molecule has 1 aromatic rings. The highest BCUT2D eigenvalue weighted by Gasteiger charge is 2.11. The van der Waals surface area contributed by atoms with Gasteiger partial charge in [0.25, 0.3) is 0 Å². The molecule has 0 fully saturated rings. The number of rotatable bonds is 7. The van der Waals surface area contributed by atoms with Crippen LogP contribution in [0.25, 0.3) is 0 Å². The fourth-order valence-electron chi connectivity index (χ4n) is 2.08. The Morgan fingerprint density at radius 2 is 2.06 bits per heavy atom. The highest BCUT2D eigenvalue weighted by atomic mass is 19.1. The minimum absolute atomic E-state index is 0.155. The van der Waals surface area contributed by atoms with Gasteiger partial charge in [-0.3, -0.25) is 0 Å². The lowest BCUT2D eigenvalue weighted by Gasteiger charge is -2.22. The second-order valence-electron chi connectivity index (χ2n) is 4.69. The van der Waals surface area contributed by atoms with Gasteiger partial charge in [-0.1, -0.05) is 38.8 Å². The lowest BCUT2D eigenvalue weighted by atomic mass is 10.0. The van der Waals surface area contributed by atoms with Crippen LogP contribution in [0.15, 0.2) is 24.3 Å². The number of hydrogen-bond acceptors (Lipinski definition) is 1. The fourth-order valence-corrected chi connectivity index (χ4v) is 2.08. The third-order valence-corrected chi connectivity index (χ3v) is 3.23. The molecule has 1 aromatic carbocycles. The Kier molecular flexibility index (Phi) is 6.20. The first-order valence-corrected chi connectivity index (χ1v) is 6.68. The quantitative estimate of drug-likeness (QED) is 0.739. The molecule has 2 unspecified atom stereocenters. The van der Waals surface area contributed by atoms with Gasteiger partial charge in [0.15, 0.2) is 0 Å². The second-order valence-corrected chi connectivity index (χ2v) is 4.69. The van der Waals surface area contributed by atoms with E-state index in [0.717, 1.165) is 12.0 Å². The van der Waals surface area contributed by atoms with Crippen LogP contribution < -0.4 is 5.32 Å². The summed E-state index contributed by atoms with van der Waals surface area (Å²) in [5, 5.41) is 3.58. The zero-order valence-electron chi connectivity index (χ0n) is 11.2. The maximum Gasteiger partial charge on any atom is 0.123 e. The van der Waals surface area contributed by atoms with Crippen LogP contribution in [0.1, 0.15) is 58.1 Å². The first-order valence-electron chi connectivity index (χ1n) is 6.68. The fraction of sp³-hybridized carbons (Fsp3) is 0.600. The van der Waals surface area contributed by atoms with Gasteiger partial charge in [-0.15, -0.1) is 0 Å². The van der Waals surface area contributed by atoms with E-state index in [2.05, 4.69) is 26.1 Å². The standard InChI is InChI=1S/C15H24FN/c1-4-6-10-15(5-2)17-12(3)13-8-7-9-14(16)11-13/h7-9,11-12,15,17H,4-6,10H2,1-3H3. The minimum atomic E-state index is -0.155. The van der Waals surface area contributed by atoms with Crippen LogP contribution >= 0.6 is 0 Å². The average molecular weight is 237 g/mol. The maximum atomic E-state index is 13.1. The SMILES string of the molecule is CCCCC(CC)NC(C)c1cccc(F)c1. The molecule has 0 aliphatic rings. The van der Waals surface area contributed by atoms with Gasteiger partial charge in [-0.25, -0.2) is 4.39 Å². The number of halogens is 1. The highest BCUT2D eigenvalue weighted by Crippen LogP contribution is 2.16. The molecule has 1 N–H and O–H groups in total. The summed E-state index contributed by atoms with van der Waals surface area (Å²) in [7, 11) is 0. The summed E-state index contributed by atoms with van der Waals surface area (Å²) >= 11 is 0. The molecule has 2 heteroatoms. The van der Waals surface area contributed by atoms with Gasteiger partial charge in [0.05, 0.1) is 0 Å². The van der Waals surface area contributed by atoms with E-state index in [9.17, 15) is 4.39 Å². The van der Waals surface area contributed by atoms with Crippen molar-refractivity contribution in [1.29, 1.82) is 0 Å². The number of unbranched alkanes of at least 4 members (excludes halogenated alkanes) is 1. The van der Waals surface area contributed by atoms with Crippen LogP contribution in [0.2, 0.25) is 0 Å². The molecule has 0 aliphatic carbocycles. The van der Waals surface area contributed by atoms with E-state index < -0.39 is 0 Å². The van der Waals surface area contributed by atoms with Crippen molar-refractivity contribution in [2.45, 2.75) is 58.5 Å². The van der Waals surface area contributed by atoms with E-state index in [4.69, 9.17) is 0 Å². The molecule has 0 spiro atoms. The molecule has 0 saturated carbocycles. The van der Waals surface area contributed by atoms with Crippen LogP contribution in [0, 0.1) is 5.82 Å². The highest BCUT2D eigenvalue weighted by molar-refractivity contribution is 5.19. The van der Waals surface area contributed by atoms with Gasteiger partial charge in [0, 0.05) is 12.1 Å². The van der Waals surface area contributed by atoms with Gasteiger partial charge in [0.2, 0.25) is 0 Å². The van der Waals surface area contributed by atoms with Gasteiger partial charge in [-0.05, 0) is 37.5 Å². The van der Waals surface area contributed by atoms with E-state index in [1.165, 1.54) is 25.3 Å². The van der Waals surface area contributed by atoms with E-state index in [1.807, 2.05) is 6.07 Å². The minimum Gasteiger partial charge on any atom is -0.307 e. The van der Waals surface area contributed by atoms with Crippen molar-refractivity contribution in [3.8, 4) is 0 Å². The summed E-state index contributed by atoms with van der Waals surface area (Å²) in [6.07, 6.45) is 4.81. The number of hydrogen-bond donors (Lipinski definition) is 1. The summed E-state index contributed by atoms with van der Waals surface area (Å²) in [6.45, 7) is 6.51. The molecule has 2 atom stereocenters. The predicted molar refractivity (Wildman–Crippen MR) is 71.6 cm³/mol. The zero-order valence-corrected chi connectivity index (χ0v) is 11.2. The summed E-state index contributed by atoms with van der Waals surface area (Å²) in [5.74, 6) is -0.155. The van der Waals surface area contributed by atoms with Crippen LogP contribution in [0.3, 0.4) is 0 Å². The zero-order chi connectivity index (χ0) is 12.7. The summed E-state index contributed by atoms with van der Waals surface area (Å²) in [5.41, 5.74) is 1.03. The molecule has 0 bridgehead atoms. The second kappa shape index (κ2) is 7.44. The van der Waals surface area contributed by atoms with Crippen molar-refractivity contribution in [2.75, 3.05) is 0 Å². The predicted octanol–water partition coefficient (Wildman–Crippen LogP) is 4.45. The first kappa shape index (κ1) is 14.2. The Labute approximate surface area is 104 Å². The van der Waals surface area contributed by atoms with Crippen molar-refractivity contribution >= 4 is 0 Å². The topological polar surface area (TPSA) is 12.0 Å². The number of nitrogens with one attached hydrogen (secondary N) is 1. The van der Waals surface area contributed by atoms with Gasteiger partial charge < -0.3 is 5.32 Å². The molecule has 0 aromatic heterocycles. The van der Waals surface area contributed by atoms with Crippen molar-refractivity contribution in [3.63, 3.8) is 0 Å². The molecule has 0 aliphatic heterocycles. The smallest absolute Gasteiger partial charge is 0.123 e. The van der Waals surface area contributed by atoms with E-state index >= 15 is 0 Å². The van der Waals surface area contributed by atoms with Crippen LogP contribution in [-0.2, 0) is 0 Å². The third-order valence-electron chi connectivity index (χ3n) is 3.23. The summed E-state index contributed by atoms with van der Waals surface area (Å²) < 4.78 is 13.1. The molecule has 0 heterocycles. The van der Waals surface area contributed by atoms with E-state index in [0.29, 0.717) is 6.04 Å². The van der Waals surface area contributed by atoms with Crippen molar-refractivity contribution < 1.29 is 4.39 Å². The largest absolute Gasteiger partial charge is 0.307 e. The van der Waals surface area contributed by atoms with Crippen molar-refractivity contribution in [2.24, 2.45) is 0 Å². The Morgan fingerprint density at radius 3 is 2.65 bits per heavy atom. The molecule has 1 rings (SSSR count). The monoisotopic (exact) mass is 237 g/mol. The average Bonchev–Trinajstić information content (AvgIpc) is 2.34. The van der Waals surface area contributed by atoms with Crippen LogP contribution in [-0.4, -0.2) is 6.04 Å². The maximum absolute atomic E-state index is 13.1. The Morgan fingerprint density at radius 1 is 1.29 bits per heavy atom. The first-order chi connectivity index (χ1) is 8.17. The Hall–Kier alpha value is -0.890. The lowest BCUT2D eigenvalue weighted by Crippen LogP contribution is -2.31. The van der Waals surface area contributed by atoms with Crippen molar-refractivity contribution in [1.82, 2.24) is 5.32 Å². The molecular weight excluding hydrogens is 213 g/mol. The Bertz CT molecular complexity index is 324. The van der Waals surface area contributed by atoms with E-state index in [-0.39, 0.29) is 11.9 Å². The van der Waals surface area contributed by atoms with Gasteiger partial charge in [0.1, 0.15) is 5.82 Å². The van der Waals surface area contributed by atoms with E-state index in [1.54, 1.807) is 12.1 Å². The molecular formula is C15H24FN. The summed E-state index contributed by atoms with van der Waals surface area (Å²) in [6, 6.07) is 7.61. The van der Waals surface area contributed by atoms with Crippen LogP contribution in [0.5, 0.6) is 0 Å². The van der Waals surface area contributed by atoms with Gasteiger partial charge >= 0.3 is 0 Å². The molecule has 17 heavy (non-hydrogen) atoms. The molecule has 0 saturated heterocycles. The molecule has 96 valence electrons. The molecule has 1 nitrogen and oxygen atoms in total. The van der Waals surface area contributed by atoms with Gasteiger partial charge in [-0.2, -0.15) is 0 Å². The normalized spacial score (nSPS) is 14.6. The van der Waals surface area contributed by atoms with Crippen LogP contribution in [0.4, 0.5) is 4.39 Å². The molecule has 0 amide bonds. The lowest BCUT2D eigenvalue weighted by molar-refractivity contribution is 0.409. The van der Waals surface area contributed by atoms with Crippen molar-refractivity contribution in [3.05, 3.63) is 35.6 Å².